The third kappa shape index (κ3) is 2.96. The first-order valence-corrected chi connectivity index (χ1v) is 7.55. The molecule has 1 saturated carbocycles. The minimum Gasteiger partial charge on any atom is -0.0857 e. The van der Waals surface area contributed by atoms with E-state index in [-0.39, 0.29) is 0 Å². The van der Waals surface area contributed by atoms with Crippen LogP contribution >= 0.6 is 22.6 Å². The van der Waals surface area contributed by atoms with Gasteiger partial charge >= 0.3 is 0 Å². The highest BCUT2D eigenvalue weighted by Gasteiger charge is 2.23. The molecular weight excluding hydrogens is 295 g/mol. The van der Waals surface area contributed by atoms with Crippen LogP contribution in [0.25, 0.3) is 0 Å². The van der Waals surface area contributed by atoms with Gasteiger partial charge in [-0.1, -0.05) is 72.2 Å². The highest BCUT2D eigenvalue weighted by atomic mass is 127. The molecule has 1 aliphatic carbocycles. The molecule has 1 fully saturated rings. The van der Waals surface area contributed by atoms with E-state index in [1.54, 1.807) is 5.56 Å². The SMILES string of the molecule is IC[C@H](c1ccccc1)C1CCCCC1. The lowest BCUT2D eigenvalue weighted by molar-refractivity contribution is 0.320. The van der Waals surface area contributed by atoms with Crippen LogP contribution in [0.3, 0.4) is 0 Å². The molecule has 0 nitrogen and oxygen atoms in total. The Morgan fingerprint density at radius 2 is 1.73 bits per heavy atom. The normalized spacial score (nSPS) is 20.1. The van der Waals surface area contributed by atoms with Crippen LogP contribution < -0.4 is 0 Å². The summed E-state index contributed by atoms with van der Waals surface area (Å²) in [4.78, 5) is 0. The van der Waals surface area contributed by atoms with Gasteiger partial charge < -0.3 is 0 Å². The van der Waals surface area contributed by atoms with Gasteiger partial charge in [0, 0.05) is 4.43 Å². The molecule has 1 aromatic rings. The van der Waals surface area contributed by atoms with Gasteiger partial charge in [0.25, 0.3) is 0 Å². The van der Waals surface area contributed by atoms with E-state index in [2.05, 4.69) is 52.9 Å². The Morgan fingerprint density at radius 1 is 1.07 bits per heavy atom. The monoisotopic (exact) mass is 314 g/mol. The molecule has 0 heterocycles. The molecule has 1 atom stereocenters. The second kappa shape index (κ2) is 5.88. The smallest absolute Gasteiger partial charge is 0.00669 e. The summed E-state index contributed by atoms with van der Waals surface area (Å²) in [7, 11) is 0. The fourth-order valence-corrected chi connectivity index (χ4v) is 3.95. The lowest BCUT2D eigenvalue weighted by atomic mass is 9.78. The molecule has 0 saturated heterocycles. The Labute approximate surface area is 107 Å². The van der Waals surface area contributed by atoms with Crippen LogP contribution in [0, 0.1) is 5.92 Å². The summed E-state index contributed by atoms with van der Waals surface area (Å²) in [6.45, 7) is 0. The molecule has 0 radical (unpaired) electrons. The van der Waals surface area contributed by atoms with Crippen molar-refractivity contribution in [2.24, 2.45) is 5.92 Å². The maximum atomic E-state index is 2.56. The molecule has 15 heavy (non-hydrogen) atoms. The van der Waals surface area contributed by atoms with Crippen molar-refractivity contribution in [3.8, 4) is 0 Å². The summed E-state index contributed by atoms with van der Waals surface area (Å²) in [5.41, 5.74) is 1.55. The molecule has 0 aliphatic heterocycles. The predicted molar refractivity (Wildman–Crippen MR) is 74.6 cm³/mol. The van der Waals surface area contributed by atoms with E-state index in [4.69, 9.17) is 0 Å². The van der Waals surface area contributed by atoms with Crippen molar-refractivity contribution in [3.63, 3.8) is 0 Å². The zero-order chi connectivity index (χ0) is 10.5. The van der Waals surface area contributed by atoms with Crippen molar-refractivity contribution in [2.45, 2.75) is 38.0 Å². The molecule has 1 heteroatoms. The first kappa shape index (κ1) is 11.4. The molecule has 1 aromatic carbocycles. The Bertz CT molecular complexity index is 275. The molecule has 0 spiro atoms. The van der Waals surface area contributed by atoms with Gasteiger partial charge in [0.15, 0.2) is 0 Å². The van der Waals surface area contributed by atoms with Crippen molar-refractivity contribution in [1.29, 1.82) is 0 Å². The van der Waals surface area contributed by atoms with Crippen LogP contribution in [0.1, 0.15) is 43.6 Å². The second-order valence-corrected chi connectivity index (χ2v) is 5.45. The van der Waals surface area contributed by atoms with Gasteiger partial charge in [-0.05, 0) is 30.2 Å². The molecule has 82 valence electrons. The van der Waals surface area contributed by atoms with Gasteiger partial charge in [0.1, 0.15) is 0 Å². The predicted octanol–water partition coefficient (Wildman–Crippen LogP) is 4.79. The number of benzene rings is 1. The van der Waals surface area contributed by atoms with E-state index in [1.165, 1.54) is 36.5 Å². The van der Waals surface area contributed by atoms with Gasteiger partial charge in [-0.2, -0.15) is 0 Å². The van der Waals surface area contributed by atoms with Crippen molar-refractivity contribution < 1.29 is 0 Å². The Hall–Kier alpha value is -0.0500. The maximum absolute atomic E-state index is 2.56. The second-order valence-electron chi connectivity index (χ2n) is 4.57. The van der Waals surface area contributed by atoms with Gasteiger partial charge in [0.2, 0.25) is 0 Å². The lowest BCUT2D eigenvalue weighted by Gasteiger charge is -2.29. The third-order valence-electron chi connectivity index (χ3n) is 3.61. The number of halogens is 1. The largest absolute Gasteiger partial charge is 0.0857 e. The summed E-state index contributed by atoms with van der Waals surface area (Å²) in [5, 5.41) is 0. The average Bonchev–Trinajstić information content (AvgIpc) is 2.33. The minimum absolute atomic E-state index is 0.798. The number of rotatable bonds is 3. The van der Waals surface area contributed by atoms with Crippen LogP contribution in [0.2, 0.25) is 0 Å². The van der Waals surface area contributed by atoms with Crippen LogP contribution in [0.5, 0.6) is 0 Å². The van der Waals surface area contributed by atoms with Crippen LogP contribution in [0.15, 0.2) is 30.3 Å². The summed E-state index contributed by atoms with van der Waals surface area (Å²) < 4.78 is 1.27. The van der Waals surface area contributed by atoms with Crippen molar-refractivity contribution in [1.82, 2.24) is 0 Å². The molecule has 0 amide bonds. The zero-order valence-corrected chi connectivity index (χ0v) is 11.3. The summed E-state index contributed by atoms with van der Waals surface area (Å²) in [6.07, 6.45) is 7.25. The number of alkyl halides is 1. The Kier molecular flexibility index (Phi) is 4.48. The molecule has 0 unspecified atom stereocenters. The average molecular weight is 314 g/mol. The fraction of sp³-hybridized carbons (Fsp3) is 0.571. The first-order valence-electron chi connectivity index (χ1n) is 6.02. The van der Waals surface area contributed by atoms with E-state index in [0.29, 0.717) is 0 Å². The van der Waals surface area contributed by atoms with Gasteiger partial charge in [-0.3, -0.25) is 0 Å². The van der Waals surface area contributed by atoms with Crippen molar-refractivity contribution in [3.05, 3.63) is 35.9 Å². The highest BCUT2D eigenvalue weighted by Crippen LogP contribution is 2.36. The third-order valence-corrected chi connectivity index (χ3v) is 4.56. The van der Waals surface area contributed by atoms with Crippen LogP contribution in [-0.4, -0.2) is 4.43 Å². The van der Waals surface area contributed by atoms with E-state index >= 15 is 0 Å². The van der Waals surface area contributed by atoms with E-state index < -0.39 is 0 Å². The van der Waals surface area contributed by atoms with Crippen LogP contribution in [0.4, 0.5) is 0 Å². The lowest BCUT2D eigenvalue weighted by Crippen LogP contribution is -2.17. The summed E-state index contributed by atoms with van der Waals surface area (Å²) in [5.74, 6) is 1.74. The first-order chi connectivity index (χ1) is 7.42. The highest BCUT2D eigenvalue weighted by molar-refractivity contribution is 14.1. The van der Waals surface area contributed by atoms with E-state index in [1.807, 2.05) is 0 Å². The van der Waals surface area contributed by atoms with E-state index in [0.717, 1.165) is 11.8 Å². The Balaban J connectivity index is 2.09. The molecule has 0 N–H and O–H groups in total. The molecule has 2 rings (SSSR count). The minimum atomic E-state index is 0.798. The molecular formula is C14H19I. The van der Waals surface area contributed by atoms with Crippen molar-refractivity contribution in [2.75, 3.05) is 4.43 Å². The Morgan fingerprint density at radius 3 is 2.33 bits per heavy atom. The van der Waals surface area contributed by atoms with Crippen molar-refractivity contribution >= 4 is 22.6 Å². The zero-order valence-electron chi connectivity index (χ0n) is 9.16. The topological polar surface area (TPSA) is 0 Å². The number of hydrogen-bond acceptors (Lipinski definition) is 0. The molecule has 1 aliphatic rings. The summed E-state index contributed by atoms with van der Waals surface area (Å²) in [6, 6.07) is 11.1. The number of hydrogen-bond donors (Lipinski definition) is 0. The quantitative estimate of drug-likeness (QED) is 0.556. The standard InChI is InChI=1S/C14H19I/c15-11-14(12-7-3-1-4-8-12)13-9-5-2-6-10-13/h1,3-4,7-8,13-14H,2,5-6,9-11H2/t14-/m1/s1. The fourth-order valence-electron chi connectivity index (χ4n) is 2.72. The van der Waals surface area contributed by atoms with Gasteiger partial charge in [-0.15, -0.1) is 0 Å². The molecule has 0 bridgehead atoms. The molecule has 0 aromatic heterocycles. The van der Waals surface area contributed by atoms with Gasteiger partial charge in [0.05, 0.1) is 0 Å². The summed E-state index contributed by atoms with van der Waals surface area (Å²) >= 11 is 2.56. The van der Waals surface area contributed by atoms with E-state index in [9.17, 15) is 0 Å². The maximum Gasteiger partial charge on any atom is 0.00669 e. The van der Waals surface area contributed by atoms with Gasteiger partial charge in [-0.25, -0.2) is 0 Å². The van der Waals surface area contributed by atoms with Crippen LogP contribution in [-0.2, 0) is 0 Å².